The smallest absolute Gasteiger partial charge is 0.335 e. The molecule has 0 aromatic carbocycles. The van der Waals surface area contributed by atoms with Crippen LogP contribution in [0.1, 0.15) is 61.6 Å². The van der Waals surface area contributed by atoms with Crippen molar-refractivity contribution in [3.8, 4) is 0 Å². The maximum absolute atomic E-state index is 12.8. The van der Waals surface area contributed by atoms with Gasteiger partial charge in [0, 0.05) is 19.4 Å². The molecule has 11 nitrogen and oxygen atoms in total. The van der Waals surface area contributed by atoms with Gasteiger partial charge in [-0.05, 0) is 22.2 Å². The van der Waals surface area contributed by atoms with Crippen molar-refractivity contribution < 1.29 is 31.9 Å². The van der Waals surface area contributed by atoms with Gasteiger partial charge in [0.25, 0.3) is 5.56 Å². The molecule has 0 bridgehead atoms. The summed E-state index contributed by atoms with van der Waals surface area (Å²) in [4.78, 5) is 27.0. The molecular weight excluding hydrogens is 540 g/mol. The topological polar surface area (TPSA) is 119 Å². The molecule has 13 heteroatoms. The number of fused-ring (bicyclic) bond motifs is 1. The van der Waals surface area contributed by atoms with Crippen LogP contribution < -0.4 is 11.2 Å². The summed E-state index contributed by atoms with van der Waals surface area (Å²) in [6, 6.07) is 1.30. The molecule has 2 aliphatic heterocycles. The van der Waals surface area contributed by atoms with Gasteiger partial charge in [-0.1, -0.05) is 55.4 Å². The molecule has 1 aromatic rings. The van der Waals surface area contributed by atoms with Gasteiger partial charge in [0.15, 0.2) is 6.23 Å². The Morgan fingerprint density at radius 2 is 1.56 bits per heavy atom. The zero-order valence-corrected chi connectivity index (χ0v) is 26.9. The first-order valence-corrected chi connectivity index (χ1v) is 18.0. The molecule has 3 heterocycles. The minimum Gasteiger partial charge on any atom is -0.414 e. The number of methoxy groups -OCH3 is 1. The van der Waals surface area contributed by atoms with E-state index in [9.17, 15) is 9.59 Å². The van der Waals surface area contributed by atoms with Crippen molar-refractivity contribution in [2.45, 2.75) is 102 Å². The lowest BCUT2D eigenvalue weighted by Crippen LogP contribution is -2.66. The molecule has 2 fully saturated rings. The van der Waals surface area contributed by atoms with E-state index in [0.29, 0.717) is 19.8 Å². The molecule has 0 saturated carbocycles. The SMILES string of the molecule is COCCOCCO[C@@H]1[C@@H]2O[Si](C(C)C)(C(C)C)O[Si](C(C)C)(C(C)C)OC[C@H]2O[C@H]1n1ccc(=O)[nH]c1=O. The minimum absolute atomic E-state index is 0.122. The summed E-state index contributed by atoms with van der Waals surface area (Å²) in [7, 11) is -4.08. The lowest BCUT2D eigenvalue weighted by Gasteiger charge is -2.51. The zero-order valence-electron chi connectivity index (χ0n) is 24.9. The molecule has 0 unspecified atom stereocenters. The highest BCUT2D eigenvalue weighted by atomic mass is 28.5. The molecule has 2 saturated heterocycles. The summed E-state index contributed by atoms with van der Waals surface area (Å²) in [5.41, 5.74) is -0.426. The van der Waals surface area contributed by atoms with Gasteiger partial charge in [-0.2, -0.15) is 0 Å². The zero-order chi connectivity index (χ0) is 29.0. The van der Waals surface area contributed by atoms with Crippen LogP contribution in [0.25, 0.3) is 0 Å². The van der Waals surface area contributed by atoms with Crippen LogP contribution in [0.4, 0.5) is 0 Å². The fourth-order valence-electron chi connectivity index (χ4n) is 5.64. The van der Waals surface area contributed by atoms with Crippen molar-refractivity contribution in [1.29, 1.82) is 0 Å². The van der Waals surface area contributed by atoms with Crippen molar-refractivity contribution in [2.24, 2.45) is 0 Å². The number of hydrogen-bond donors (Lipinski definition) is 1. The monoisotopic (exact) mass is 588 g/mol. The molecule has 224 valence electrons. The average Bonchev–Trinajstić information content (AvgIpc) is 3.16. The van der Waals surface area contributed by atoms with Gasteiger partial charge >= 0.3 is 22.8 Å². The van der Waals surface area contributed by atoms with E-state index in [4.69, 9.17) is 31.9 Å². The Morgan fingerprint density at radius 3 is 2.13 bits per heavy atom. The molecule has 0 aliphatic carbocycles. The van der Waals surface area contributed by atoms with E-state index >= 15 is 0 Å². The Bertz CT molecular complexity index is 1010. The molecule has 0 spiro atoms. The number of aromatic amines is 1. The molecule has 3 rings (SSSR count). The predicted molar refractivity (Wildman–Crippen MR) is 151 cm³/mol. The number of aromatic nitrogens is 2. The van der Waals surface area contributed by atoms with Gasteiger partial charge in [0.1, 0.15) is 18.3 Å². The summed E-state index contributed by atoms with van der Waals surface area (Å²) < 4.78 is 46.2. The lowest BCUT2D eigenvalue weighted by atomic mass is 10.1. The first-order valence-electron chi connectivity index (χ1n) is 14.1. The summed E-state index contributed by atoms with van der Waals surface area (Å²) in [5, 5.41) is 0. The maximum atomic E-state index is 12.8. The van der Waals surface area contributed by atoms with E-state index in [-0.39, 0.29) is 35.4 Å². The standard InChI is InChI=1S/C26H48N2O9Si2/c1-17(2)38(18(3)4)34-16-21-23(36-39(37-38,19(5)6)20(7)8)24(33-15-14-32-13-12-31-9)25(35-21)28-11-10-22(29)27-26(28)30/h10-11,17-21,23-25H,12-16H2,1-9H3,(H,27,29,30)/t21-,23-,24-,25-/m1/s1. The summed E-state index contributed by atoms with van der Waals surface area (Å²) in [6.45, 7) is 19.1. The average molecular weight is 589 g/mol. The number of hydrogen-bond acceptors (Lipinski definition) is 9. The van der Waals surface area contributed by atoms with Gasteiger partial charge < -0.3 is 31.9 Å². The number of rotatable bonds is 12. The highest BCUT2D eigenvalue weighted by Gasteiger charge is 2.62. The van der Waals surface area contributed by atoms with Crippen LogP contribution in [-0.2, 0) is 31.9 Å². The van der Waals surface area contributed by atoms with E-state index in [1.165, 1.54) is 16.8 Å². The lowest BCUT2D eigenvalue weighted by molar-refractivity contribution is -0.0846. The third-order valence-corrected chi connectivity index (χ3v) is 18.0. The molecule has 1 N–H and O–H groups in total. The largest absolute Gasteiger partial charge is 0.414 e. The van der Waals surface area contributed by atoms with Crippen LogP contribution in [0.15, 0.2) is 21.9 Å². The molecule has 4 atom stereocenters. The van der Waals surface area contributed by atoms with Gasteiger partial charge in [-0.25, -0.2) is 4.79 Å². The third kappa shape index (κ3) is 6.84. The van der Waals surface area contributed by atoms with E-state index in [2.05, 4.69) is 60.4 Å². The Hall–Kier alpha value is -1.17. The van der Waals surface area contributed by atoms with E-state index in [1.54, 1.807) is 7.11 Å². The van der Waals surface area contributed by atoms with Crippen molar-refractivity contribution in [3.63, 3.8) is 0 Å². The van der Waals surface area contributed by atoms with Gasteiger partial charge in [-0.3, -0.25) is 14.3 Å². The number of ether oxygens (including phenoxy) is 4. The fraction of sp³-hybridized carbons (Fsp3) is 0.846. The molecule has 2 aliphatic rings. The Morgan fingerprint density at radius 1 is 0.949 bits per heavy atom. The first-order chi connectivity index (χ1) is 18.4. The van der Waals surface area contributed by atoms with Crippen molar-refractivity contribution >= 4 is 17.1 Å². The highest BCUT2D eigenvalue weighted by Crippen LogP contribution is 2.48. The Kier molecular flexibility index (Phi) is 11.3. The maximum Gasteiger partial charge on any atom is 0.335 e. The molecule has 0 amide bonds. The van der Waals surface area contributed by atoms with Gasteiger partial charge in [-0.15, -0.1) is 0 Å². The molecule has 39 heavy (non-hydrogen) atoms. The summed E-state index contributed by atoms with van der Waals surface area (Å²) in [5.74, 6) is 0. The van der Waals surface area contributed by atoms with E-state index < -0.39 is 52.9 Å². The second-order valence-electron chi connectivity index (χ2n) is 11.6. The van der Waals surface area contributed by atoms with Crippen molar-refractivity contribution in [1.82, 2.24) is 9.55 Å². The van der Waals surface area contributed by atoms with Crippen LogP contribution in [0, 0.1) is 0 Å². The van der Waals surface area contributed by atoms with E-state index in [1.807, 2.05) is 0 Å². The van der Waals surface area contributed by atoms with Gasteiger partial charge in [0.05, 0.1) is 33.0 Å². The summed E-state index contributed by atoms with van der Waals surface area (Å²) in [6.07, 6.45) is -1.09. The molecule has 0 radical (unpaired) electrons. The highest BCUT2D eigenvalue weighted by molar-refractivity contribution is 6.83. The van der Waals surface area contributed by atoms with Crippen LogP contribution in [0.3, 0.4) is 0 Å². The second-order valence-corrected chi connectivity index (χ2v) is 20.4. The first kappa shape index (κ1) is 32.3. The number of H-pyrrole nitrogens is 1. The van der Waals surface area contributed by atoms with E-state index in [0.717, 1.165) is 0 Å². The quantitative estimate of drug-likeness (QED) is 0.289. The summed E-state index contributed by atoms with van der Waals surface area (Å²) >= 11 is 0. The molecular formula is C26H48N2O9Si2. The normalized spacial score (nSPS) is 26.8. The van der Waals surface area contributed by atoms with Crippen LogP contribution in [-0.4, -0.2) is 85.1 Å². The van der Waals surface area contributed by atoms with Crippen LogP contribution in [0.2, 0.25) is 22.2 Å². The minimum atomic E-state index is -2.94. The van der Waals surface area contributed by atoms with Crippen molar-refractivity contribution in [3.05, 3.63) is 33.1 Å². The van der Waals surface area contributed by atoms with Gasteiger partial charge in [0.2, 0.25) is 0 Å². The molecule has 1 aromatic heterocycles. The second kappa shape index (κ2) is 13.7. The predicted octanol–water partition coefficient (Wildman–Crippen LogP) is 3.44. The van der Waals surface area contributed by atoms with Crippen LogP contribution in [0.5, 0.6) is 0 Å². The van der Waals surface area contributed by atoms with Crippen molar-refractivity contribution in [2.75, 3.05) is 40.1 Å². The Labute approximate surface area is 233 Å². The Balaban J connectivity index is 2.04. The van der Waals surface area contributed by atoms with Crippen LogP contribution >= 0.6 is 0 Å². The number of nitrogens with zero attached hydrogens (tertiary/aromatic N) is 1. The fourth-order valence-corrected chi connectivity index (χ4v) is 16.8. The number of nitrogens with one attached hydrogen (secondary N) is 1. The third-order valence-electron chi connectivity index (χ3n) is 7.71.